The summed E-state index contributed by atoms with van der Waals surface area (Å²) in [6.45, 7) is 7.74. The van der Waals surface area contributed by atoms with E-state index in [4.69, 9.17) is 4.74 Å². The summed E-state index contributed by atoms with van der Waals surface area (Å²) in [5.74, 6) is 1.67. The van der Waals surface area contributed by atoms with Gasteiger partial charge in [0.15, 0.2) is 0 Å². The Morgan fingerprint density at radius 3 is 2.65 bits per heavy atom. The molecule has 0 fully saturated rings. The average molecular weight is 235 g/mol. The molecule has 0 spiro atoms. The van der Waals surface area contributed by atoms with Gasteiger partial charge in [-0.15, -0.1) is 0 Å². The summed E-state index contributed by atoms with van der Waals surface area (Å²) in [5, 5.41) is 3.56. The SMILES string of the molecule is CCNC(Cc1cccc(OC)c1)CC(C)C. The molecule has 0 aliphatic heterocycles. The van der Waals surface area contributed by atoms with Crippen molar-refractivity contribution in [3.8, 4) is 5.75 Å². The molecule has 1 aromatic carbocycles. The highest BCUT2D eigenvalue weighted by atomic mass is 16.5. The van der Waals surface area contributed by atoms with Crippen LogP contribution in [0.25, 0.3) is 0 Å². The normalized spacial score (nSPS) is 12.8. The van der Waals surface area contributed by atoms with Crippen LogP contribution in [0.3, 0.4) is 0 Å². The summed E-state index contributed by atoms with van der Waals surface area (Å²) in [7, 11) is 1.72. The van der Waals surface area contributed by atoms with Gasteiger partial charge in [-0.2, -0.15) is 0 Å². The van der Waals surface area contributed by atoms with Crippen LogP contribution < -0.4 is 10.1 Å². The van der Waals surface area contributed by atoms with Crippen LogP contribution in [0.4, 0.5) is 0 Å². The van der Waals surface area contributed by atoms with Gasteiger partial charge >= 0.3 is 0 Å². The molecule has 0 amide bonds. The first-order valence-corrected chi connectivity index (χ1v) is 6.52. The first-order chi connectivity index (χ1) is 8.15. The summed E-state index contributed by atoms with van der Waals surface area (Å²) in [6.07, 6.45) is 2.29. The molecular formula is C15H25NO. The van der Waals surface area contributed by atoms with Gasteiger partial charge in [0.05, 0.1) is 7.11 Å². The molecule has 0 aliphatic carbocycles. The van der Waals surface area contributed by atoms with Gasteiger partial charge in [-0.3, -0.25) is 0 Å². The first-order valence-electron chi connectivity index (χ1n) is 6.52. The van der Waals surface area contributed by atoms with Gasteiger partial charge in [-0.05, 0) is 43.0 Å². The van der Waals surface area contributed by atoms with Crippen LogP contribution in [-0.2, 0) is 6.42 Å². The van der Waals surface area contributed by atoms with Crippen molar-refractivity contribution in [1.82, 2.24) is 5.32 Å². The predicted molar refractivity (Wildman–Crippen MR) is 73.6 cm³/mol. The first kappa shape index (κ1) is 14.0. The van der Waals surface area contributed by atoms with Crippen LogP contribution in [0, 0.1) is 5.92 Å². The van der Waals surface area contributed by atoms with Crippen molar-refractivity contribution in [1.29, 1.82) is 0 Å². The lowest BCUT2D eigenvalue weighted by Crippen LogP contribution is -2.32. The molecule has 0 heterocycles. The Morgan fingerprint density at radius 1 is 1.29 bits per heavy atom. The third-order valence-electron chi connectivity index (χ3n) is 2.86. The number of hydrogen-bond acceptors (Lipinski definition) is 2. The zero-order chi connectivity index (χ0) is 12.7. The lowest BCUT2D eigenvalue weighted by Gasteiger charge is -2.20. The lowest BCUT2D eigenvalue weighted by molar-refractivity contribution is 0.410. The summed E-state index contributed by atoms with van der Waals surface area (Å²) >= 11 is 0. The van der Waals surface area contributed by atoms with Crippen molar-refractivity contribution in [2.75, 3.05) is 13.7 Å². The molecule has 0 saturated carbocycles. The second-order valence-electron chi connectivity index (χ2n) is 4.94. The molecule has 2 nitrogen and oxygen atoms in total. The molecule has 1 rings (SSSR count). The van der Waals surface area contributed by atoms with Crippen LogP contribution in [0.2, 0.25) is 0 Å². The molecule has 17 heavy (non-hydrogen) atoms. The average Bonchev–Trinajstić information content (AvgIpc) is 2.29. The molecule has 0 aromatic heterocycles. The number of rotatable bonds is 7. The molecule has 96 valence electrons. The van der Waals surface area contributed by atoms with Crippen molar-refractivity contribution in [3.63, 3.8) is 0 Å². The van der Waals surface area contributed by atoms with Crippen molar-refractivity contribution in [2.45, 2.75) is 39.7 Å². The highest BCUT2D eigenvalue weighted by molar-refractivity contribution is 5.28. The van der Waals surface area contributed by atoms with E-state index in [1.54, 1.807) is 7.11 Å². The van der Waals surface area contributed by atoms with E-state index in [1.165, 1.54) is 12.0 Å². The maximum Gasteiger partial charge on any atom is 0.119 e. The molecular weight excluding hydrogens is 210 g/mol. The fraction of sp³-hybridized carbons (Fsp3) is 0.600. The third-order valence-corrected chi connectivity index (χ3v) is 2.86. The van der Waals surface area contributed by atoms with Crippen LogP contribution >= 0.6 is 0 Å². The monoisotopic (exact) mass is 235 g/mol. The molecule has 1 N–H and O–H groups in total. The molecule has 1 aromatic rings. The minimum absolute atomic E-state index is 0.562. The summed E-state index contributed by atoms with van der Waals surface area (Å²) in [5.41, 5.74) is 1.34. The Bertz CT molecular complexity index is 322. The van der Waals surface area contributed by atoms with E-state index >= 15 is 0 Å². The maximum atomic E-state index is 5.26. The smallest absolute Gasteiger partial charge is 0.119 e. The van der Waals surface area contributed by atoms with Crippen molar-refractivity contribution < 1.29 is 4.74 Å². The quantitative estimate of drug-likeness (QED) is 0.783. The van der Waals surface area contributed by atoms with Gasteiger partial charge in [-0.1, -0.05) is 32.9 Å². The highest BCUT2D eigenvalue weighted by Crippen LogP contribution is 2.16. The van der Waals surface area contributed by atoms with Gasteiger partial charge < -0.3 is 10.1 Å². The van der Waals surface area contributed by atoms with E-state index in [9.17, 15) is 0 Å². The lowest BCUT2D eigenvalue weighted by atomic mass is 9.97. The third kappa shape index (κ3) is 5.22. The van der Waals surface area contributed by atoms with Crippen LogP contribution in [0.1, 0.15) is 32.8 Å². The van der Waals surface area contributed by atoms with Crippen LogP contribution in [0.15, 0.2) is 24.3 Å². The summed E-state index contributed by atoms with van der Waals surface area (Å²) in [4.78, 5) is 0. The van der Waals surface area contributed by atoms with E-state index in [0.29, 0.717) is 6.04 Å². The van der Waals surface area contributed by atoms with E-state index in [2.05, 4.69) is 44.3 Å². The zero-order valence-electron chi connectivity index (χ0n) is 11.5. The van der Waals surface area contributed by atoms with Gasteiger partial charge in [-0.25, -0.2) is 0 Å². The molecule has 0 saturated heterocycles. The van der Waals surface area contributed by atoms with Gasteiger partial charge in [0.25, 0.3) is 0 Å². The van der Waals surface area contributed by atoms with E-state index in [0.717, 1.165) is 24.6 Å². The number of benzene rings is 1. The van der Waals surface area contributed by atoms with Gasteiger partial charge in [0, 0.05) is 6.04 Å². The minimum atomic E-state index is 0.562. The predicted octanol–water partition coefficient (Wildman–Crippen LogP) is 3.26. The number of hydrogen-bond donors (Lipinski definition) is 1. The minimum Gasteiger partial charge on any atom is -0.497 e. The number of likely N-dealkylation sites (N-methyl/N-ethyl adjacent to an activating group) is 1. The molecule has 1 atom stereocenters. The Kier molecular flexibility index (Phi) is 6.06. The number of methoxy groups -OCH3 is 1. The van der Waals surface area contributed by atoms with Crippen LogP contribution in [0.5, 0.6) is 5.75 Å². The summed E-state index contributed by atoms with van der Waals surface area (Å²) < 4.78 is 5.26. The van der Waals surface area contributed by atoms with Crippen LogP contribution in [-0.4, -0.2) is 19.7 Å². The second-order valence-corrected chi connectivity index (χ2v) is 4.94. The Hall–Kier alpha value is -1.02. The Morgan fingerprint density at radius 2 is 2.06 bits per heavy atom. The number of ether oxygens (including phenoxy) is 1. The van der Waals surface area contributed by atoms with Crippen molar-refractivity contribution in [2.24, 2.45) is 5.92 Å². The molecule has 1 unspecified atom stereocenters. The molecule has 2 heteroatoms. The molecule has 0 radical (unpaired) electrons. The molecule has 0 aliphatic rings. The second kappa shape index (κ2) is 7.33. The fourth-order valence-electron chi connectivity index (χ4n) is 2.18. The number of nitrogens with one attached hydrogen (secondary N) is 1. The van der Waals surface area contributed by atoms with E-state index < -0.39 is 0 Å². The van der Waals surface area contributed by atoms with E-state index in [1.807, 2.05) is 6.07 Å². The summed E-state index contributed by atoms with van der Waals surface area (Å²) in [6, 6.07) is 8.92. The van der Waals surface area contributed by atoms with Crippen molar-refractivity contribution in [3.05, 3.63) is 29.8 Å². The standard InChI is InChI=1S/C15H25NO/c1-5-16-14(9-12(2)3)10-13-7-6-8-15(11-13)17-4/h6-8,11-12,14,16H,5,9-10H2,1-4H3. The largest absolute Gasteiger partial charge is 0.497 e. The van der Waals surface area contributed by atoms with Crippen molar-refractivity contribution >= 4 is 0 Å². The highest BCUT2D eigenvalue weighted by Gasteiger charge is 2.10. The van der Waals surface area contributed by atoms with Gasteiger partial charge in [0.2, 0.25) is 0 Å². The molecule has 0 bridgehead atoms. The maximum absolute atomic E-state index is 5.26. The van der Waals surface area contributed by atoms with E-state index in [-0.39, 0.29) is 0 Å². The van der Waals surface area contributed by atoms with Gasteiger partial charge in [0.1, 0.15) is 5.75 Å². The Labute approximate surface area is 105 Å². The zero-order valence-corrected chi connectivity index (χ0v) is 11.5. The Balaban J connectivity index is 2.64. The fourth-order valence-corrected chi connectivity index (χ4v) is 2.18. The topological polar surface area (TPSA) is 21.3 Å².